The summed E-state index contributed by atoms with van der Waals surface area (Å²) in [6.07, 6.45) is 4.62. The van der Waals surface area contributed by atoms with E-state index in [0.717, 1.165) is 19.3 Å². The standard InChI is InChI=1S/C19H21N3O3S/c1-3-25-18(24)15-10-21-19(22-17(15)20)26-11(2)16(23)14-8-7-12-5-4-6-13(12)9-14/h7-11H,3-6H2,1-2H3,(H2,20,21,22)/t11-/m1/s1. The molecule has 0 fully saturated rings. The number of benzene rings is 1. The summed E-state index contributed by atoms with van der Waals surface area (Å²) < 4.78 is 4.90. The van der Waals surface area contributed by atoms with Gasteiger partial charge < -0.3 is 10.5 Å². The first-order chi connectivity index (χ1) is 12.5. The zero-order chi connectivity index (χ0) is 18.7. The number of hydrogen-bond donors (Lipinski definition) is 1. The van der Waals surface area contributed by atoms with Crippen LogP contribution < -0.4 is 5.73 Å². The van der Waals surface area contributed by atoms with Gasteiger partial charge in [0, 0.05) is 11.8 Å². The van der Waals surface area contributed by atoms with Crippen molar-refractivity contribution < 1.29 is 14.3 Å². The molecule has 1 aliphatic rings. The lowest BCUT2D eigenvalue weighted by Gasteiger charge is -2.11. The molecule has 1 aromatic carbocycles. The van der Waals surface area contributed by atoms with Gasteiger partial charge in [0.1, 0.15) is 11.4 Å². The number of carbonyl (C=O) groups is 2. The Labute approximate surface area is 156 Å². The lowest BCUT2D eigenvalue weighted by molar-refractivity contribution is 0.0526. The van der Waals surface area contributed by atoms with Crippen molar-refractivity contribution in [2.45, 2.75) is 43.5 Å². The van der Waals surface area contributed by atoms with Crippen LogP contribution in [0.25, 0.3) is 0 Å². The van der Waals surface area contributed by atoms with Crippen molar-refractivity contribution in [3.05, 3.63) is 46.6 Å². The van der Waals surface area contributed by atoms with E-state index in [-0.39, 0.29) is 29.0 Å². The molecule has 136 valence electrons. The number of nitrogens with zero attached hydrogens (tertiary/aromatic N) is 2. The van der Waals surface area contributed by atoms with Gasteiger partial charge >= 0.3 is 5.97 Å². The minimum absolute atomic E-state index is 0.0290. The van der Waals surface area contributed by atoms with E-state index in [0.29, 0.717) is 10.7 Å². The van der Waals surface area contributed by atoms with Crippen molar-refractivity contribution in [2.24, 2.45) is 0 Å². The van der Waals surface area contributed by atoms with Crippen molar-refractivity contribution in [2.75, 3.05) is 12.3 Å². The SMILES string of the molecule is CCOC(=O)c1cnc(S[C@H](C)C(=O)c2ccc3c(c2)CCC3)nc1N. The molecule has 1 heterocycles. The van der Waals surface area contributed by atoms with Gasteiger partial charge in [-0.3, -0.25) is 4.79 Å². The minimum Gasteiger partial charge on any atom is -0.462 e. The molecule has 0 aliphatic heterocycles. The highest BCUT2D eigenvalue weighted by molar-refractivity contribution is 8.00. The Balaban J connectivity index is 1.71. The van der Waals surface area contributed by atoms with E-state index < -0.39 is 5.97 Å². The summed E-state index contributed by atoms with van der Waals surface area (Å²) >= 11 is 1.22. The third kappa shape index (κ3) is 3.88. The molecule has 1 atom stereocenters. The average Bonchev–Trinajstić information content (AvgIpc) is 3.09. The van der Waals surface area contributed by atoms with Crippen LogP contribution in [0.4, 0.5) is 5.82 Å². The normalized spacial score (nSPS) is 13.9. The number of nitrogens with two attached hydrogens (primary N) is 1. The smallest absolute Gasteiger partial charge is 0.343 e. The van der Waals surface area contributed by atoms with E-state index in [1.165, 1.54) is 29.1 Å². The van der Waals surface area contributed by atoms with E-state index >= 15 is 0 Å². The molecule has 26 heavy (non-hydrogen) atoms. The van der Waals surface area contributed by atoms with Gasteiger partial charge in [0.25, 0.3) is 0 Å². The van der Waals surface area contributed by atoms with Gasteiger partial charge in [-0.1, -0.05) is 23.9 Å². The molecular formula is C19H21N3O3S. The van der Waals surface area contributed by atoms with Gasteiger partial charge in [0.15, 0.2) is 10.9 Å². The summed E-state index contributed by atoms with van der Waals surface area (Å²) in [5, 5.41) is -0.000134. The summed E-state index contributed by atoms with van der Waals surface area (Å²) in [5.41, 5.74) is 9.28. The third-order valence-corrected chi connectivity index (χ3v) is 5.30. The zero-order valence-corrected chi connectivity index (χ0v) is 15.6. The molecule has 0 amide bonds. The summed E-state index contributed by atoms with van der Waals surface area (Å²) in [6.45, 7) is 3.78. The van der Waals surface area contributed by atoms with Gasteiger partial charge in [-0.15, -0.1) is 0 Å². The Morgan fingerprint density at radius 3 is 2.81 bits per heavy atom. The van der Waals surface area contributed by atoms with Crippen molar-refractivity contribution >= 4 is 29.3 Å². The Kier molecular flexibility index (Phi) is 5.56. The number of aromatic nitrogens is 2. The largest absolute Gasteiger partial charge is 0.462 e. The van der Waals surface area contributed by atoms with E-state index in [9.17, 15) is 9.59 Å². The fraction of sp³-hybridized carbons (Fsp3) is 0.368. The van der Waals surface area contributed by atoms with Crippen molar-refractivity contribution in [1.82, 2.24) is 9.97 Å². The number of hydrogen-bond acceptors (Lipinski definition) is 7. The maximum atomic E-state index is 12.7. The second-order valence-electron chi connectivity index (χ2n) is 6.13. The fourth-order valence-electron chi connectivity index (χ4n) is 2.97. The number of rotatable bonds is 6. The highest BCUT2D eigenvalue weighted by Crippen LogP contribution is 2.27. The second kappa shape index (κ2) is 7.86. The van der Waals surface area contributed by atoms with E-state index in [4.69, 9.17) is 10.5 Å². The molecule has 1 aromatic heterocycles. The van der Waals surface area contributed by atoms with Crippen LogP contribution in [-0.2, 0) is 17.6 Å². The van der Waals surface area contributed by atoms with Crippen LogP contribution in [0, 0.1) is 0 Å². The van der Waals surface area contributed by atoms with Gasteiger partial charge in [0.2, 0.25) is 0 Å². The summed E-state index contributed by atoms with van der Waals surface area (Å²) in [7, 11) is 0. The molecule has 2 aromatic rings. The van der Waals surface area contributed by atoms with Gasteiger partial charge in [-0.2, -0.15) is 0 Å². The maximum Gasteiger partial charge on any atom is 0.343 e. The number of fused-ring (bicyclic) bond motifs is 1. The van der Waals surface area contributed by atoms with Crippen molar-refractivity contribution in [3.8, 4) is 0 Å². The molecule has 3 rings (SSSR count). The molecule has 0 saturated heterocycles. The predicted molar refractivity (Wildman–Crippen MR) is 101 cm³/mol. The number of nitrogen functional groups attached to an aromatic ring is 1. The van der Waals surface area contributed by atoms with Gasteiger partial charge in [-0.25, -0.2) is 14.8 Å². The van der Waals surface area contributed by atoms with Crippen LogP contribution >= 0.6 is 11.8 Å². The van der Waals surface area contributed by atoms with Gasteiger partial charge in [-0.05, 0) is 50.3 Å². The first-order valence-corrected chi connectivity index (χ1v) is 9.50. The molecule has 0 spiro atoms. The predicted octanol–water partition coefficient (Wildman–Crippen LogP) is 3.09. The quantitative estimate of drug-likeness (QED) is 0.361. The lowest BCUT2D eigenvalue weighted by Crippen LogP contribution is -2.15. The second-order valence-corrected chi connectivity index (χ2v) is 7.44. The van der Waals surface area contributed by atoms with Crippen LogP contribution in [0.15, 0.2) is 29.6 Å². The first-order valence-electron chi connectivity index (χ1n) is 8.62. The van der Waals surface area contributed by atoms with Gasteiger partial charge in [0.05, 0.1) is 11.9 Å². The number of carbonyl (C=O) groups excluding carboxylic acids is 2. The van der Waals surface area contributed by atoms with Crippen LogP contribution in [0.3, 0.4) is 0 Å². The van der Waals surface area contributed by atoms with Crippen molar-refractivity contribution in [3.63, 3.8) is 0 Å². The number of esters is 1. The number of ether oxygens (including phenoxy) is 1. The maximum absolute atomic E-state index is 12.7. The molecule has 2 N–H and O–H groups in total. The summed E-state index contributed by atoms with van der Waals surface area (Å²) in [5.74, 6) is -0.469. The Morgan fingerprint density at radius 1 is 1.31 bits per heavy atom. The van der Waals surface area contributed by atoms with Crippen LogP contribution in [0.2, 0.25) is 0 Å². The molecule has 0 saturated carbocycles. The minimum atomic E-state index is -0.552. The lowest BCUT2D eigenvalue weighted by atomic mass is 10.0. The highest BCUT2D eigenvalue weighted by atomic mass is 32.2. The average molecular weight is 371 g/mol. The van der Waals surface area contributed by atoms with Crippen LogP contribution in [-0.4, -0.2) is 33.6 Å². The van der Waals surface area contributed by atoms with Crippen LogP contribution in [0.5, 0.6) is 0 Å². The monoisotopic (exact) mass is 371 g/mol. The fourth-order valence-corrected chi connectivity index (χ4v) is 3.80. The Morgan fingerprint density at radius 2 is 2.08 bits per heavy atom. The molecule has 7 heteroatoms. The van der Waals surface area contributed by atoms with E-state index in [1.807, 2.05) is 19.1 Å². The Bertz CT molecular complexity index is 854. The first kappa shape index (κ1) is 18.4. The van der Waals surface area contributed by atoms with E-state index in [1.54, 1.807) is 6.92 Å². The molecule has 1 aliphatic carbocycles. The molecule has 0 radical (unpaired) electrons. The molecule has 0 unspecified atom stereocenters. The summed E-state index contributed by atoms with van der Waals surface area (Å²) in [4.78, 5) is 32.7. The topological polar surface area (TPSA) is 95.2 Å². The summed E-state index contributed by atoms with van der Waals surface area (Å²) in [6, 6.07) is 5.94. The molecular weight excluding hydrogens is 350 g/mol. The Hall–Kier alpha value is -2.41. The van der Waals surface area contributed by atoms with Crippen LogP contribution in [0.1, 0.15) is 52.1 Å². The third-order valence-electron chi connectivity index (χ3n) is 4.33. The number of ketones is 1. The molecule has 6 nitrogen and oxygen atoms in total. The number of thioether (sulfide) groups is 1. The number of aryl methyl sites for hydroxylation is 2. The number of Topliss-reactive ketones (excluding diaryl/α,β-unsaturated/α-hetero) is 1. The number of anilines is 1. The highest BCUT2D eigenvalue weighted by Gasteiger charge is 2.21. The van der Waals surface area contributed by atoms with E-state index in [2.05, 4.69) is 16.0 Å². The zero-order valence-electron chi connectivity index (χ0n) is 14.8. The molecule has 0 bridgehead atoms. The van der Waals surface area contributed by atoms with Crippen molar-refractivity contribution in [1.29, 1.82) is 0 Å².